The first kappa shape index (κ1) is 30.0. The van der Waals surface area contributed by atoms with E-state index in [1.165, 1.54) is 16.7 Å². The van der Waals surface area contributed by atoms with Crippen molar-refractivity contribution >= 4 is 52.3 Å². The lowest BCUT2D eigenvalue weighted by atomic mass is 10.0. The Balaban J connectivity index is 1.68. The van der Waals surface area contributed by atoms with E-state index in [0.717, 1.165) is 16.5 Å². The number of amides is 4. The topological polar surface area (TPSA) is 201 Å². The van der Waals surface area contributed by atoms with Gasteiger partial charge in [0.05, 0.1) is 6.04 Å². The van der Waals surface area contributed by atoms with Gasteiger partial charge in [-0.25, -0.2) is 4.79 Å². The number of H-pyrrole nitrogens is 1. The molecule has 1 aliphatic heterocycles. The van der Waals surface area contributed by atoms with Crippen LogP contribution in [0, 0.1) is 0 Å². The summed E-state index contributed by atoms with van der Waals surface area (Å²) in [6.45, 7) is 0.328. The predicted octanol–water partition coefficient (Wildman–Crippen LogP) is 0.102. The van der Waals surface area contributed by atoms with Gasteiger partial charge >= 0.3 is 5.97 Å². The minimum Gasteiger partial charge on any atom is -0.480 e. The van der Waals surface area contributed by atoms with Gasteiger partial charge in [-0.1, -0.05) is 18.2 Å². The molecule has 2 aromatic rings. The fourth-order valence-corrected chi connectivity index (χ4v) is 5.17. The molecule has 1 aliphatic rings. The Bertz CT molecular complexity index is 1200. The maximum Gasteiger partial charge on any atom is 0.326 e. The van der Waals surface area contributed by atoms with Crippen LogP contribution >= 0.6 is 11.8 Å². The van der Waals surface area contributed by atoms with Crippen LogP contribution in [0.25, 0.3) is 10.9 Å². The van der Waals surface area contributed by atoms with Crippen molar-refractivity contribution in [3.63, 3.8) is 0 Å². The number of nitrogens with one attached hydrogen (secondary N) is 3. The maximum absolute atomic E-state index is 13.2. The third kappa shape index (κ3) is 7.96. The number of carboxylic acids is 1. The van der Waals surface area contributed by atoms with Crippen LogP contribution in [-0.4, -0.2) is 87.3 Å². The van der Waals surface area contributed by atoms with E-state index in [4.69, 9.17) is 11.5 Å². The van der Waals surface area contributed by atoms with Crippen molar-refractivity contribution in [2.24, 2.45) is 11.5 Å². The number of benzene rings is 1. The van der Waals surface area contributed by atoms with Gasteiger partial charge in [-0.05, 0) is 49.3 Å². The van der Waals surface area contributed by atoms with Gasteiger partial charge in [0.15, 0.2) is 0 Å². The SMILES string of the molecule is CSCCC(NC(=O)C1CCCN1C(=O)C(N)CCC(N)=O)C(=O)NC(Cc1c[nH]c2ccccc12)C(=O)O. The van der Waals surface area contributed by atoms with Gasteiger partial charge in [0.1, 0.15) is 18.1 Å². The summed E-state index contributed by atoms with van der Waals surface area (Å²) in [7, 11) is 0. The number of para-hydroxylation sites is 1. The van der Waals surface area contributed by atoms with Crippen molar-refractivity contribution < 1.29 is 29.1 Å². The lowest BCUT2D eigenvalue weighted by Gasteiger charge is -2.28. The Morgan fingerprint density at radius 1 is 1.15 bits per heavy atom. The summed E-state index contributed by atoms with van der Waals surface area (Å²) >= 11 is 1.48. The highest BCUT2D eigenvalue weighted by Gasteiger charge is 2.38. The molecule has 39 heavy (non-hydrogen) atoms. The van der Waals surface area contributed by atoms with E-state index in [1.807, 2.05) is 30.5 Å². The molecular formula is C26H36N6O6S. The molecule has 0 saturated carbocycles. The standard InChI is InChI=1S/C26H36N6O6S/c1-39-12-10-19(30-24(35)21-7-4-11-32(21)25(36)17(27)8-9-22(28)33)23(34)31-20(26(37)38)13-15-14-29-18-6-3-2-5-16(15)18/h2-3,5-6,14,17,19-21,29H,4,7-13,27H2,1H3,(H2,28,33)(H,30,35)(H,31,34)(H,37,38). The number of thioether (sulfide) groups is 1. The van der Waals surface area contributed by atoms with Gasteiger partial charge in [-0.15, -0.1) is 0 Å². The van der Waals surface area contributed by atoms with Crippen LogP contribution in [0.2, 0.25) is 0 Å². The lowest BCUT2D eigenvalue weighted by molar-refractivity contribution is -0.143. The average Bonchev–Trinajstić information content (AvgIpc) is 3.56. The van der Waals surface area contributed by atoms with Crippen molar-refractivity contribution in [1.82, 2.24) is 20.5 Å². The number of aromatic nitrogens is 1. The minimum atomic E-state index is -1.21. The third-order valence-corrected chi connectivity index (χ3v) is 7.46. The van der Waals surface area contributed by atoms with Crippen LogP contribution in [0.15, 0.2) is 30.5 Å². The monoisotopic (exact) mass is 560 g/mol. The molecule has 12 nitrogen and oxygen atoms in total. The highest BCUT2D eigenvalue weighted by molar-refractivity contribution is 7.98. The second kappa shape index (κ2) is 14.0. The number of carboxylic acid groups (broad SMARTS) is 1. The first-order valence-corrected chi connectivity index (χ1v) is 14.2. The Hall–Kier alpha value is -3.58. The summed E-state index contributed by atoms with van der Waals surface area (Å²) in [5.41, 5.74) is 12.7. The van der Waals surface area contributed by atoms with E-state index in [0.29, 0.717) is 25.1 Å². The highest BCUT2D eigenvalue weighted by atomic mass is 32.2. The molecule has 1 aromatic heterocycles. The number of aliphatic carboxylic acids is 1. The van der Waals surface area contributed by atoms with Crippen molar-refractivity contribution in [3.8, 4) is 0 Å². The van der Waals surface area contributed by atoms with Gasteiger partial charge in [0.25, 0.3) is 0 Å². The second-order valence-corrected chi connectivity index (χ2v) is 10.6. The molecule has 13 heteroatoms. The Morgan fingerprint density at radius 2 is 1.90 bits per heavy atom. The van der Waals surface area contributed by atoms with E-state index in [9.17, 15) is 29.1 Å². The molecule has 8 N–H and O–H groups in total. The van der Waals surface area contributed by atoms with E-state index >= 15 is 0 Å². The number of nitrogens with zero attached hydrogens (tertiary/aromatic N) is 1. The van der Waals surface area contributed by atoms with E-state index in [-0.39, 0.29) is 25.7 Å². The summed E-state index contributed by atoms with van der Waals surface area (Å²) in [5.74, 6) is -2.79. The molecular weight excluding hydrogens is 524 g/mol. The largest absolute Gasteiger partial charge is 0.480 e. The fourth-order valence-electron chi connectivity index (χ4n) is 4.70. The van der Waals surface area contributed by atoms with Gasteiger partial charge in [-0.2, -0.15) is 11.8 Å². The molecule has 2 heterocycles. The Kier molecular flexibility index (Phi) is 10.8. The number of carbonyl (C=O) groups excluding carboxylic acids is 4. The molecule has 0 bridgehead atoms. The summed E-state index contributed by atoms with van der Waals surface area (Å²) in [5, 5.41) is 16.0. The van der Waals surface area contributed by atoms with Crippen molar-refractivity contribution in [1.29, 1.82) is 0 Å². The zero-order valence-electron chi connectivity index (χ0n) is 21.9. The maximum atomic E-state index is 13.2. The number of fused-ring (bicyclic) bond motifs is 1. The van der Waals surface area contributed by atoms with Crippen molar-refractivity contribution in [2.45, 2.75) is 62.7 Å². The number of hydrogen-bond acceptors (Lipinski definition) is 7. The Morgan fingerprint density at radius 3 is 2.59 bits per heavy atom. The molecule has 0 aliphatic carbocycles. The van der Waals surface area contributed by atoms with E-state index in [1.54, 1.807) is 6.20 Å². The lowest BCUT2D eigenvalue weighted by Crippen LogP contribution is -2.57. The number of carbonyl (C=O) groups is 5. The Labute approximate surface area is 230 Å². The predicted molar refractivity (Wildman–Crippen MR) is 148 cm³/mol. The van der Waals surface area contributed by atoms with E-state index < -0.39 is 53.8 Å². The van der Waals surface area contributed by atoms with Gasteiger partial charge in [0, 0.05) is 36.5 Å². The average molecular weight is 561 g/mol. The van der Waals surface area contributed by atoms with Crippen LogP contribution in [0.5, 0.6) is 0 Å². The third-order valence-electron chi connectivity index (χ3n) is 6.81. The van der Waals surface area contributed by atoms with Crippen molar-refractivity contribution in [3.05, 3.63) is 36.0 Å². The zero-order chi connectivity index (χ0) is 28.5. The molecule has 3 rings (SSSR count). The van der Waals surface area contributed by atoms with Crippen LogP contribution in [0.3, 0.4) is 0 Å². The molecule has 4 atom stereocenters. The molecule has 1 aromatic carbocycles. The summed E-state index contributed by atoms with van der Waals surface area (Å²) < 4.78 is 0. The fraction of sp³-hybridized carbons (Fsp3) is 0.500. The quantitative estimate of drug-likeness (QED) is 0.187. The van der Waals surface area contributed by atoms with Gasteiger partial charge in [-0.3, -0.25) is 19.2 Å². The molecule has 4 unspecified atom stereocenters. The minimum absolute atomic E-state index is 0.0438. The summed E-state index contributed by atoms with van der Waals surface area (Å²) in [4.78, 5) is 66.9. The molecule has 0 radical (unpaired) electrons. The number of rotatable bonds is 14. The number of aromatic amines is 1. The molecule has 4 amide bonds. The molecule has 1 saturated heterocycles. The van der Waals surface area contributed by atoms with Crippen molar-refractivity contribution in [2.75, 3.05) is 18.6 Å². The van der Waals surface area contributed by atoms with Crippen LogP contribution < -0.4 is 22.1 Å². The molecule has 212 valence electrons. The van der Waals surface area contributed by atoms with Crippen LogP contribution in [0.1, 0.15) is 37.7 Å². The summed E-state index contributed by atoms with van der Waals surface area (Å²) in [6.07, 6.45) is 4.93. The van der Waals surface area contributed by atoms with Crippen LogP contribution in [-0.2, 0) is 30.4 Å². The zero-order valence-corrected chi connectivity index (χ0v) is 22.7. The van der Waals surface area contributed by atoms with E-state index in [2.05, 4.69) is 15.6 Å². The molecule has 1 fully saturated rings. The number of primary amides is 1. The molecule has 0 spiro atoms. The number of nitrogens with two attached hydrogens (primary N) is 2. The number of hydrogen-bond donors (Lipinski definition) is 6. The normalized spacial score (nSPS) is 17.4. The smallest absolute Gasteiger partial charge is 0.326 e. The van der Waals surface area contributed by atoms with Gasteiger partial charge in [0.2, 0.25) is 23.6 Å². The summed E-state index contributed by atoms with van der Waals surface area (Å²) in [6, 6.07) is 3.48. The van der Waals surface area contributed by atoms with Crippen LogP contribution in [0.4, 0.5) is 0 Å². The highest BCUT2D eigenvalue weighted by Crippen LogP contribution is 2.21. The first-order chi connectivity index (χ1) is 18.6. The number of likely N-dealkylation sites (tertiary alicyclic amines) is 1. The first-order valence-electron chi connectivity index (χ1n) is 12.8. The van der Waals surface area contributed by atoms with Gasteiger partial charge < -0.3 is 37.1 Å². The second-order valence-electron chi connectivity index (χ2n) is 9.61.